The first-order chi connectivity index (χ1) is 14.4. The average Bonchev–Trinajstić information content (AvgIpc) is 3.28. The molecule has 156 valence electrons. The minimum atomic E-state index is -3.97. The zero-order valence-corrected chi connectivity index (χ0v) is 16.8. The quantitative estimate of drug-likeness (QED) is 0.673. The minimum absolute atomic E-state index is 0.168. The number of amides is 1. The molecule has 0 saturated carbocycles. The molecule has 3 aromatic rings. The molecule has 4 rings (SSSR count). The van der Waals surface area contributed by atoms with Crippen molar-refractivity contribution in [3.63, 3.8) is 0 Å². The summed E-state index contributed by atoms with van der Waals surface area (Å²) in [7, 11) is -3.97. The van der Waals surface area contributed by atoms with Crippen LogP contribution in [0.3, 0.4) is 0 Å². The molecule has 0 unspecified atom stereocenters. The Morgan fingerprint density at radius 3 is 2.57 bits per heavy atom. The number of hydrogen-bond donors (Lipinski definition) is 1. The van der Waals surface area contributed by atoms with E-state index in [2.05, 4.69) is 15.0 Å². The van der Waals surface area contributed by atoms with Crippen molar-refractivity contribution in [1.29, 1.82) is 0 Å². The molecule has 10 heteroatoms. The summed E-state index contributed by atoms with van der Waals surface area (Å²) in [5, 5.41) is 7.84. The number of carbonyl (C=O) groups is 1. The first-order valence-corrected chi connectivity index (χ1v) is 10.9. The van der Waals surface area contributed by atoms with Crippen LogP contribution in [0.4, 0.5) is 10.1 Å². The minimum Gasteiger partial charge on any atom is -0.338 e. The smallest absolute Gasteiger partial charge is 0.261 e. The van der Waals surface area contributed by atoms with Crippen LogP contribution < -0.4 is 4.72 Å². The van der Waals surface area contributed by atoms with Gasteiger partial charge in [-0.3, -0.25) is 9.52 Å². The van der Waals surface area contributed by atoms with Crippen LogP contribution in [-0.4, -0.2) is 47.3 Å². The van der Waals surface area contributed by atoms with Crippen molar-refractivity contribution in [1.82, 2.24) is 19.9 Å². The molecular weight excluding hydrogens is 409 g/mol. The van der Waals surface area contributed by atoms with Gasteiger partial charge >= 0.3 is 0 Å². The topological polar surface area (TPSA) is 97.2 Å². The van der Waals surface area contributed by atoms with E-state index in [0.29, 0.717) is 18.7 Å². The molecule has 0 radical (unpaired) electrons. The maximum atomic E-state index is 13.4. The predicted molar refractivity (Wildman–Crippen MR) is 108 cm³/mol. The van der Waals surface area contributed by atoms with Gasteiger partial charge in [0.25, 0.3) is 15.9 Å². The lowest BCUT2D eigenvalue weighted by Crippen LogP contribution is -2.39. The highest BCUT2D eigenvalue weighted by molar-refractivity contribution is 7.92. The number of aromatic nitrogens is 3. The Balaban J connectivity index is 1.45. The number of anilines is 1. The van der Waals surface area contributed by atoms with Crippen LogP contribution in [0.5, 0.6) is 0 Å². The van der Waals surface area contributed by atoms with Crippen LogP contribution >= 0.6 is 0 Å². The second-order valence-electron chi connectivity index (χ2n) is 7.05. The Morgan fingerprint density at radius 2 is 1.87 bits per heavy atom. The van der Waals surface area contributed by atoms with Gasteiger partial charge in [-0.05, 0) is 49.2 Å². The van der Waals surface area contributed by atoms with Crippen LogP contribution in [0.25, 0.3) is 0 Å². The first-order valence-electron chi connectivity index (χ1n) is 9.46. The summed E-state index contributed by atoms with van der Waals surface area (Å²) in [6.07, 6.45) is 4.98. The molecule has 1 saturated heterocycles. The molecule has 1 aromatic heterocycles. The van der Waals surface area contributed by atoms with Crippen LogP contribution in [-0.2, 0) is 10.0 Å². The van der Waals surface area contributed by atoms with Crippen molar-refractivity contribution in [3.8, 4) is 0 Å². The fourth-order valence-corrected chi connectivity index (χ4v) is 4.57. The van der Waals surface area contributed by atoms with Crippen molar-refractivity contribution >= 4 is 21.6 Å². The maximum absolute atomic E-state index is 13.4. The molecule has 1 aliphatic heterocycles. The summed E-state index contributed by atoms with van der Waals surface area (Å²) in [6, 6.07) is 11.2. The number of piperidine rings is 1. The lowest BCUT2D eigenvalue weighted by atomic mass is 10.0. The zero-order chi connectivity index (χ0) is 21.1. The highest BCUT2D eigenvalue weighted by Crippen LogP contribution is 2.24. The van der Waals surface area contributed by atoms with Gasteiger partial charge in [0.15, 0.2) is 0 Å². The van der Waals surface area contributed by atoms with Crippen LogP contribution in [0.1, 0.15) is 29.2 Å². The Hall–Kier alpha value is -3.27. The molecule has 0 spiro atoms. The van der Waals surface area contributed by atoms with E-state index in [-0.39, 0.29) is 22.5 Å². The van der Waals surface area contributed by atoms with Crippen molar-refractivity contribution in [2.75, 3.05) is 17.8 Å². The predicted octanol–water partition coefficient (Wildman–Crippen LogP) is 2.70. The van der Waals surface area contributed by atoms with E-state index in [4.69, 9.17) is 0 Å². The van der Waals surface area contributed by atoms with E-state index in [9.17, 15) is 17.6 Å². The SMILES string of the molecule is O=C(c1cccc(NS(=O)(=O)c2cccc(F)c2)c1)N1CCC(n2ccnn2)CC1. The summed E-state index contributed by atoms with van der Waals surface area (Å²) in [5.74, 6) is -0.810. The summed E-state index contributed by atoms with van der Waals surface area (Å²) < 4.78 is 42.6. The molecule has 1 aliphatic rings. The Kier molecular flexibility index (Phi) is 5.49. The number of likely N-dealkylation sites (tertiary alicyclic amines) is 1. The number of benzene rings is 2. The van der Waals surface area contributed by atoms with Crippen molar-refractivity contribution in [2.45, 2.75) is 23.8 Å². The van der Waals surface area contributed by atoms with Crippen molar-refractivity contribution < 1.29 is 17.6 Å². The largest absolute Gasteiger partial charge is 0.338 e. The van der Waals surface area contributed by atoms with E-state index in [1.165, 1.54) is 24.3 Å². The second kappa shape index (κ2) is 8.23. The molecule has 2 heterocycles. The van der Waals surface area contributed by atoms with Gasteiger partial charge in [0, 0.05) is 30.5 Å². The van der Waals surface area contributed by atoms with Crippen molar-refractivity contribution in [3.05, 3.63) is 72.3 Å². The number of rotatable bonds is 5. The maximum Gasteiger partial charge on any atom is 0.261 e. The molecule has 0 atom stereocenters. The third-order valence-electron chi connectivity index (χ3n) is 5.03. The average molecular weight is 429 g/mol. The van der Waals surface area contributed by atoms with Gasteiger partial charge in [-0.2, -0.15) is 0 Å². The van der Waals surface area contributed by atoms with E-state index in [1.54, 1.807) is 29.3 Å². The van der Waals surface area contributed by atoms with Crippen molar-refractivity contribution in [2.24, 2.45) is 0 Å². The summed E-state index contributed by atoms with van der Waals surface area (Å²) >= 11 is 0. The molecule has 30 heavy (non-hydrogen) atoms. The highest BCUT2D eigenvalue weighted by Gasteiger charge is 2.25. The van der Waals surface area contributed by atoms with Gasteiger partial charge in [-0.25, -0.2) is 17.5 Å². The van der Waals surface area contributed by atoms with E-state index < -0.39 is 15.8 Å². The summed E-state index contributed by atoms with van der Waals surface area (Å²) in [4.78, 5) is 14.4. The molecule has 1 N–H and O–H groups in total. The van der Waals surface area contributed by atoms with E-state index in [0.717, 1.165) is 18.9 Å². The van der Waals surface area contributed by atoms with E-state index in [1.807, 2.05) is 10.9 Å². The molecule has 0 bridgehead atoms. The third kappa shape index (κ3) is 4.33. The lowest BCUT2D eigenvalue weighted by Gasteiger charge is -2.32. The zero-order valence-electron chi connectivity index (χ0n) is 16.0. The first kappa shape index (κ1) is 20.0. The van der Waals surface area contributed by atoms with Gasteiger partial charge < -0.3 is 4.90 Å². The number of nitrogens with one attached hydrogen (secondary N) is 1. The molecule has 0 aliphatic carbocycles. The van der Waals surface area contributed by atoms with Crippen LogP contribution in [0, 0.1) is 5.82 Å². The third-order valence-corrected chi connectivity index (χ3v) is 6.41. The van der Waals surface area contributed by atoms with Crippen LogP contribution in [0.2, 0.25) is 0 Å². The normalized spacial score (nSPS) is 15.2. The standard InChI is InChI=1S/C20H20FN5O3S/c21-16-4-2-6-19(14-16)30(28,29)23-17-5-1-3-15(13-17)20(27)25-10-7-18(8-11-25)26-12-9-22-24-26/h1-6,9,12-14,18,23H,7-8,10-11H2. The van der Waals surface area contributed by atoms with Gasteiger partial charge in [-0.1, -0.05) is 17.3 Å². The number of sulfonamides is 1. The molecule has 1 amide bonds. The highest BCUT2D eigenvalue weighted by atomic mass is 32.2. The molecule has 1 fully saturated rings. The monoisotopic (exact) mass is 429 g/mol. The number of carbonyl (C=O) groups excluding carboxylic acids is 1. The Bertz CT molecular complexity index is 1140. The number of halogens is 1. The summed E-state index contributed by atoms with van der Waals surface area (Å²) in [5.41, 5.74) is 0.622. The second-order valence-corrected chi connectivity index (χ2v) is 8.73. The number of nitrogens with zero attached hydrogens (tertiary/aromatic N) is 4. The van der Waals surface area contributed by atoms with E-state index >= 15 is 0 Å². The Labute approximate surface area is 173 Å². The molecule has 8 nitrogen and oxygen atoms in total. The van der Waals surface area contributed by atoms with Gasteiger partial charge in [0.1, 0.15) is 5.82 Å². The van der Waals surface area contributed by atoms with Gasteiger partial charge in [0.05, 0.1) is 17.1 Å². The Morgan fingerprint density at radius 1 is 1.10 bits per heavy atom. The molecular formula is C20H20FN5O3S. The fraction of sp³-hybridized carbons (Fsp3) is 0.250. The lowest BCUT2D eigenvalue weighted by molar-refractivity contribution is 0.0689. The molecule has 2 aromatic carbocycles. The van der Waals surface area contributed by atoms with Crippen LogP contribution in [0.15, 0.2) is 65.8 Å². The fourth-order valence-electron chi connectivity index (χ4n) is 3.49. The van der Waals surface area contributed by atoms with Gasteiger partial charge in [-0.15, -0.1) is 5.10 Å². The number of hydrogen-bond acceptors (Lipinski definition) is 5. The summed E-state index contributed by atoms with van der Waals surface area (Å²) in [6.45, 7) is 1.14. The van der Waals surface area contributed by atoms with Gasteiger partial charge in [0.2, 0.25) is 0 Å².